The summed E-state index contributed by atoms with van der Waals surface area (Å²) in [5.74, 6) is 4.98. The molecule has 49 heavy (non-hydrogen) atoms. The Morgan fingerprint density at radius 3 is 2.12 bits per heavy atom. The van der Waals surface area contributed by atoms with E-state index < -0.39 is 8.80 Å². The van der Waals surface area contributed by atoms with Gasteiger partial charge in [-0.15, -0.1) is 0 Å². The molecule has 0 radical (unpaired) electrons. The molecule has 1 aliphatic heterocycles. The monoisotopic (exact) mass is 691 g/mol. The van der Waals surface area contributed by atoms with E-state index in [1.165, 1.54) is 100 Å². The molecule has 276 valence electrons. The zero-order valence-corrected chi connectivity index (χ0v) is 34.1. The Bertz CT molecular complexity index is 1190. The van der Waals surface area contributed by atoms with Crippen molar-refractivity contribution in [3.8, 4) is 11.5 Å². The standard InChI is InChI=1S/C45H74O3Si/c1-36(2)20-17-21-37(3)22-18-23-38(4)24-19-29-45(7)30-28-41-35-42(34-39(5)44(41)48-45)47-31-14-8-9-15-32-49(33-16-13-25-40(6)46)43-26-11-10-12-27-43/h10-12,26-27,34-38,49H,8-9,13-25,28-33H2,1-7H3/t37-,38-,45-,49?/m1/s1. The maximum absolute atomic E-state index is 11.4. The molecule has 0 N–H and O–H groups in total. The van der Waals surface area contributed by atoms with Crippen LogP contribution in [0.15, 0.2) is 42.5 Å². The highest BCUT2D eigenvalue weighted by Gasteiger charge is 2.32. The van der Waals surface area contributed by atoms with Gasteiger partial charge in [-0.1, -0.05) is 146 Å². The van der Waals surface area contributed by atoms with Crippen LogP contribution in [0.25, 0.3) is 0 Å². The molecule has 0 bridgehead atoms. The van der Waals surface area contributed by atoms with Crippen LogP contribution in [0.2, 0.25) is 12.1 Å². The van der Waals surface area contributed by atoms with Crippen LogP contribution in [0.5, 0.6) is 11.5 Å². The largest absolute Gasteiger partial charge is 0.494 e. The summed E-state index contributed by atoms with van der Waals surface area (Å²) in [7, 11) is -0.970. The minimum absolute atomic E-state index is 0.0539. The second-order valence-electron chi connectivity index (χ2n) is 16.7. The van der Waals surface area contributed by atoms with E-state index in [1.807, 2.05) is 0 Å². The van der Waals surface area contributed by atoms with Crippen molar-refractivity contribution in [2.45, 2.75) is 182 Å². The van der Waals surface area contributed by atoms with Crippen molar-refractivity contribution >= 4 is 19.8 Å². The average Bonchev–Trinajstić information content (AvgIpc) is 3.05. The molecule has 0 aliphatic carbocycles. The maximum atomic E-state index is 11.4. The van der Waals surface area contributed by atoms with Gasteiger partial charge in [0, 0.05) is 6.42 Å². The minimum atomic E-state index is -0.970. The topological polar surface area (TPSA) is 35.5 Å². The maximum Gasteiger partial charge on any atom is 0.129 e. The van der Waals surface area contributed by atoms with Gasteiger partial charge in [0.15, 0.2) is 0 Å². The number of ketones is 1. The predicted octanol–water partition coefficient (Wildman–Crippen LogP) is 12.4. The molecule has 0 amide bonds. The number of unbranched alkanes of at least 4 members (excludes halogenated alkanes) is 4. The predicted molar refractivity (Wildman–Crippen MR) is 215 cm³/mol. The number of Topliss-reactive ketones (excluding diaryl/α,β-unsaturated/α-hetero) is 1. The lowest BCUT2D eigenvalue weighted by Crippen LogP contribution is -2.36. The number of aryl methyl sites for hydroxylation is 2. The quantitative estimate of drug-likeness (QED) is 0.0728. The number of hydrogen-bond acceptors (Lipinski definition) is 3. The van der Waals surface area contributed by atoms with Crippen LogP contribution in [0.3, 0.4) is 0 Å². The lowest BCUT2D eigenvalue weighted by molar-refractivity contribution is -0.117. The Labute approximate surface area is 304 Å². The number of ether oxygens (including phenoxy) is 2. The number of fused-ring (bicyclic) bond motifs is 1. The zero-order chi connectivity index (χ0) is 35.5. The van der Waals surface area contributed by atoms with Gasteiger partial charge in [-0.05, 0) is 100 Å². The van der Waals surface area contributed by atoms with Crippen LogP contribution in [-0.2, 0) is 11.2 Å². The van der Waals surface area contributed by atoms with Gasteiger partial charge in [-0.3, -0.25) is 0 Å². The van der Waals surface area contributed by atoms with Crippen molar-refractivity contribution in [2.24, 2.45) is 17.8 Å². The minimum Gasteiger partial charge on any atom is -0.494 e. The number of carbonyl (C=O) groups excluding carboxylic acids is 1. The molecule has 0 saturated carbocycles. The molecule has 2 aromatic carbocycles. The van der Waals surface area contributed by atoms with Gasteiger partial charge in [0.2, 0.25) is 0 Å². The normalized spacial score (nSPS) is 17.7. The molecule has 2 aromatic rings. The van der Waals surface area contributed by atoms with Gasteiger partial charge in [0.1, 0.15) is 22.9 Å². The number of benzene rings is 2. The summed E-state index contributed by atoms with van der Waals surface area (Å²) in [6.45, 7) is 16.6. The van der Waals surface area contributed by atoms with Crippen LogP contribution >= 0.6 is 0 Å². The van der Waals surface area contributed by atoms with Gasteiger partial charge in [-0.25, -0.2) is 0 Å². The highest BCUT2D eigenvalue weighted by molar-refractivity contribution is 6.73. The Morgan fingerprint density at radius 2 is 1.45 bits per heavy atom. The third-order valence-electron chi connectivity index (χ3n) is 11.2. The molecule has 4 atom stereocenters. The van der Waals surface area contributed by atoms with Crippen LogP contribution in [0.4, 0.5) is 0 Å². The lowest BCUT2D eigenvalue weighted by atomic mass is 9.85. The highest BCUT2D eigenvalue weighted by atomic mass is 28.3. The Balaban J connectivity index is 1.32. The summed E-state index contributed by atoms with van der Waals surface area (Å²) in [5.41, 5.74) is 2.49. The van der Waals surface area contributed by atoms with E-state index in [0.717, 1.165) is 74.4 Å². The summed E-state index contributed by atoms with van der Waals surface area (Å²) >= 11 is 0. The van der Waals surface area contributed by atoms with E-state index in [1.54, 1.807) is 12.1 Å². The summed E-state index contributed by atoms with van der Waals surface area (Å²) in [6.07, 6.45) is 22.1. The molecule has 4 heteroatoms. The van der Waals surface area contributed by atoms with Crippen molar-refractivity contribution < 1.29 is 14.3 Å². The second kappa shape index (κ2) is 22.7. The van der Waals surface area contributed by atoms with E-state index in [0.29, 0.717) is 5.78 Å². The zero-order valence-electron chi connectivity index (χ0n) is 32.9. The summed E-state index contributed by atoms with van der Waals surface area (Å²) < 4.78 is 13.0. The molecule has 3 rings (SSSR count). The van der Waals surface area contributed by atoms with Crippen molar-refractivity contribution in [1.29, 1.82) is 0 Å². The van der Waals surface area contributed by atoms with Gasteiger partial charge in [0.25, 0.3) is 0 Å². The van der Waals surface area contributed by atoms with Gasteiger partial charge in [-0.2, -0.15) is 0 Å². The third-order valence-corrected chi connectivity index (χ3v) is 14.7. The molecule has 0 saturated heterocycles. The van der Waals surface area contributed by atoms with Crippen molar-refractivity contribution in [3.05, 3.63) is 53.6 Å². The SMILES string of the molecule is CC(=O)CCCC[SiH](CCCCCCOc1cc(C)c2c(c1)CC[C@@](C)(CCC[C@H](C)CCC[C@H](C)CCCC(C)C)O2)c1ccccc1. The van der Waals surface area contributed by atoms with Crippen LogP contribution in [0, 0.1) is 24.7 Å². The van der Waals surface area contributed by atoms with Gasteiger partial charge >= 0.3 is 0 Å². The van der Waals surface area contributed by atoms with E-state index in [-0.39, 0.29) is 5.60 Å². The summed E-state index contributed by atoms with van der Waals surface area (Å²) in [5, 5.41) is 1.59. The fourth-order valence-corrected chi connectivity index (χ4v) is 11.2. The van der Waals surface area contributed by atoms with Crippen LogP contribution < -0.4 is 14.7 Å². The highest BCUT2D eigenvalue weighted by Crippen LogP contribution is 2.40. The first-order valence-corrected chi connectivity index (χ1v) is 22.8. The molecular formula is C45H74O3Si. The van der Waals surface area contributed by atoms with Crippen molar-refractivity contribution in [2.75, 3.05) is 6.61 Å². The van der Waals surface area contributed by atoms with Crippen molar-refractivity contribution in [3.63, 3.8) is 0 Å². The lowest BCUT2D eigenvalue weighted by Gasteiger charge is -2.37. The van der Waals surface area contributed by atoms with Gasteiger partial charge < -0.3 is 14.3 Å². The molecule has 0 aromatic heterocycles. The third kappa shape index (κ3) is 16.7. The number of hydrogen-bond donors (Lipinski definition) is 0. The number of rotatable bonds is 26. The second-order valence-corrected chi connectivity index (χ2v) is 20.0. The average molecular weight is 691 g/mol. The van der Waals surface area contributed by atoms with E-state index in [9.17, 15) is 4.79 Å². The molecular weight excluding hydrogens is 617 g/mol. The smallest absolute Gasteiger partial charge is 0.129 e. The van der Waals surface area contributed by atoms with Crippen molar-refractivity contribution in [1.82, 2.24) is 0 Å². The first-order chi connectivity index (χ1) is 23.5. The number of carbonyl (C=O) groups is 1. The van der Waals surface area contributed by atoms with E-state index in [2.05, 4.69) is 84.0 Å². The Morgan fingerprint density at radius 1 is 0.816 bits per heavy atom. The first kappa shape index (κ1) is 41.3. The van der Waals surface area contributed by atoms with E-state index in [4.69, 9.17) is 9.47 Å². The molecule has 1 aliphatic rings. The van der Waals surface area contributed by atoms with Crippen LogP contribution in [-0.4, -0.2) is 26.8 Å². The molecule has 1 unspecified atom stereocenters. The molecule has 0 fully saturated rings. The van der Waals surface area contributed by atoms with Gasteiger partial charge in [0.05, 0.1) is 15.4 Å². The molecule has 3 nitrogen and oxygen atoms in total. The van der Waals surface area contributed by atoms with Crippen LogP contribution in [0.1, 0.15) is 162 Å². The fraction of sp³-hybridized carbons (Fsp3) is 0.711. The Kier molecular flexibility index (Phi) is 19.1. The Hall–Kier alpha value is -2.07. The summed E-state index contributed by atoms with van der Waals surface area (Å²) in [6, 6.07) is 18.3. The molecule has 1 heterocycles. The summed E-state index contributed by atoms with van der Waals surface area (Å²) in [4.78, 5) is 11.4. The first-order valence-electron chi connectivity index (χ1n) is 20.5. The molecule has 0 spiro atoms. The fourth-order valence-electron chi connectivity index (χ4n) is 7.91. The van der Waals surface area contributed by atoms with E-state index >= 15 is 0 Å².